The fraction of sp³-hybridized carbons (Fsp3) is 0.889. The van der Waals surface area contributed by atoms with Gasteiger partial charge in [0.1, 0.15) is 5.25 Å². The summed E-state index contributed by atoms with van der Waals surface area (Å²) >= 11 is 0. The average molecular weight is 236 g/mol. The zero-order chi connectivity index (χ0) is 12.1. The second kappa shape index (κ2) is 6.07. The third-order valence-electron chi connectivity index (χ3n) is 2.35. The minimum atomic E-state index is -3.30. The molecule has 2 unspecified atom stereocenters. The molecular formula is C9H20N2O3S. The van der Waals surface area contributed by atoms with Crippen LogP contribution in [0.2, 0.25) is 0 Å². The molecule has 0 rings (SSSR count). The van der Waals surface area contributed by atoms with Gasteiger partial charge in [0.15, 0.2) is 9.84 Å². The van der Waals surface area contributed by atoms with Gasteiger partial charge in [-0.15, -0.1) is 0 Å². The van der Waals surface area contributed by atoms with Crippen molar-refractivity contribution in [2.75, 3.05) is 12.8 Å². The van der Waals surface area contributed by atoms with Crippen LogP contribution in [0.15, 0.2) is 0 Å². The molecule has 5 nitrogen and oxygen atoms in total. The summed E-state index contributed by atoms with van der Waals surface area (Å²) in [4.78, 5) is 11.3. The Hall–Kier alpha value is -0.620. The Morgan fingerprint density at radius 3 is 2.40 bits per heavy atom. The maximum Gasteiger partial charge on any atom is 0.238 e. The van der Waals surface area contributed by atoms with Gasteiger partial charge in [0.2, 0.25) is 5.91 Å². The van der Waals surface area contributed by atoms with Crippen molar-refractivity contribution < 1.29 is 13.2 Å². The number of carbonyl (C=O) groups is 1. The van der Waals surface area contributed by atoms with Crippen molar-refractivity contribution in [3.63, 3.8) is 0 Å². The number of amides is 1. The molecule has 3 N–H and O–H groups in total. The van der Waals surface area contributed by atoms with Crippen LogP contribution >= 0.6 is 0 Å². The van der Waals surface area contributed by atoms with E-state index in [1.165, 1.54) is 6.92 Å². The highest BCUT2D eigenvalue weighted by atomic mass is 32.2. The molecule has 0 saturated heterocycles. The van der Waals surface area contributed by atoms with E-state index in [1.807, 2.05) is 6.92 Å². The van der Waals surface area contributed by atoms with E-state index in [0.29, 0.717) is 13.0 Å². The second-order valence-electron chi connectivity index (χ2n) is 3.72. The lowest BCUT2D eigenvalue weighted by Gasteiger charge is -2.12. The van der Waals surface area contributed by atoms with Crippen molar-refractivity contribution in [1.82, 2.24) is 5.32 Å². The summed E-state index contributed by atoms with van der Waals surface area (Å²) in [6.07, 6.45) is 2.56. The summed E-state index contributed by atoms with van der Waals surface area (Å²) < 4.78 is 22.1. The lowest BCUT2D eigenvalue weighted by Crippen LogP contribution is -2.39. The normalized spacial score (nSPS) is 15.7. The highest BCUT2D eigenvalue weighted by Gasteiger charge is 2.22. The van der Waals surface area contributed by atoms with Gasteiger partial charge in [-0.05, 0) is 19.8 Å². The Balaban J connectivity index is 3.96. The van der Waals surface area contributed by atoms with Gasteiger partial charge in [0, 0.05) is 18.8 Å². The summed E-state index contributed by atoms with van der Waals surface area (Å²) in [6.45, 7) is 3.77. The minimum absolute atomic E-state index is 0.0545. The maximum absolute atomic E-state index is 11.3. The Kier molecular flexibility index (Phi) is 5.82. The average Bonchev–Trinajstić information content (AvgIpc) is 2.14. The molecule has 90 valence electrons. The third kappa shape index (κ3) is 5.74. The van der Waals surface area contributed by atoms with Gasteiger partial charge >= 0.3 is 0 Å². The van der Waals surface area contributed by atoms with E-state index in [9.17, 15) is 13.2 Å². The molecule has 1 amide bonds. The molecule has 0 aromatic carbocycles. The molecule has 2 atom stereocenters. The molecule has 0 aliphatic rings. The van der Waals surface area contributed by atoms with Crippen LogP contribution in [0.25, 0.3) is 0 Å². The Labute approximate surface area is 91.3 Å². The third-order valence-corrected chi connectivity index (χ3v) is 3.85. The van der Waals surface area contributed by atoms with E-state index in [4.69, 9.17) is 5.73 Å². The predicted octanol–water partition coefficient (Wildman–Crippen LogP) is -0.337. The van der Waals surface area contributed by atoms with Crippen LogP contribution in [0.5, 0.6) is 0 Å². The highest BCUT2D eigenvalue weighted by molar-refractivity contribution is 7.92. The van der Waals surface area contributed by atoms with Crippen LogP contribution in [-0.2, 0) is 14.6 Å². The van der Waals surface area contributed by atoms with Crippen molar-refractivity contribution in [1.29, 1.82) is 0 Å². The van der Waals surface area contributed by atoms with Crippen molar-refractivity contribution in [3.05, 3.63) is 0 Å². The fourth-order valence-electron chi connectivity index (χ4n) is 0.923. The van der Waals surface area contributed by atoms with Gasteiger partial charge in [-0.25, -0.2) is 8.42 Å². The zero-order valence-electron chi connectivity index (χ0n) is 9.49. The summed E-state index contributed by atoms with van der Waals surface area (Å²) in [6, 6.07) is 0.0545. The van der Waals surface area contributed by atoms with E-state index in [2.05, 4.69) is 5.32 Å². The van der Waals surface area contributed by atoms with Gasteiger partial charge in [-0.2, -0.15) is 0 Å². The molecule has 0 fully saturated rings. The number of carbonyl (C=O) groups excluding carboxylic acids is 1. The molecule has 0 heterocycles. The largest absolute Gasteiger partial charge is 0.355 e. The van der Waals surface area contributed by atoms with Crippen LogP contribution in [-0.4, -0.2) is 38.4 Å². The van der Waals surface area contributed by atoms with Crippen molar-refractivity contribution in [2.24, 2.45) is 5.73 Å². The molecule has 6 heteroatoms. The molecular weight excluding hydrogens is 216 g/mol. The second-order valence-corrected chi connectivity index (χ2v) is 6.09. The lowest BCUT2D eigenvalue weighted by molar-refractivity contribution is -0.120. The van der Waals surface area contributed by atoms with Crippen LogP contribution in [0.4, 0.5) is 0 Å². The molecule has 0 aliphatic carbocycles. The molecule has 0 saturated carbocycles. The van der Waals surface area contributed by atoms with Gasteiger partial charge in [0.05, 0.1) is 0 Å². The Bertz CT molecular complexity index is 300. The van der Waals surface area contributed by atoms with Crippen LogP contribution in [0.1, 0.15) is 26.7 Å². The van der Waals surface area contributed by atoms with Gasteiger partial charge < -0.3 is 11.1 Å². The molecule has 0 bridgehead atoms. The quantitative estimate of drug-likeness (QED) is 0.660. The first-order valence-corrected chi connectivity index (χ1v) is 6.96. The Morgan fingerprint density at radius 1 is 1.47 bits per heavy atom. The van der Waals surface area contributed by atoms with Crippen molar-refractivity contribution >= 4 is 15.7 Å². The SMILES string of the molecule is CCC(N)CCNC(=O)C(C)S(C)(=O)=O. The lowest BCUT2D eigenvalue weighted by atomic mass is 10.2. The van der Waals surface area contributed by atoms with Crippen LogP contribution in [0, 0.1) is 0 Å². The number of hydrogen-bond donors (Lipinski definition) is 2. The van der Waals surface area contributed by atoms with E-state index >= 15 is 0 Å². The first-order chi connectivity index (χ1) is 6.79. The van der Waals surface area contributed by atoms with Crippen molar-refractivity contribution in [3.8, 4) is 0 Å². The zero-order valence-corrected chi connectivity index (χ0v) is 10.3. The van der Waals surface area contributed by atoms with E-state index in [0.717, 1.165) is 12.7 Å². The standard InChI is InChI=1S/C9H20N2O3S/c1-4-8(10)5-6-11-9(12)7(2)15(3,13)14/h7-8H,4-6,10H2,1-3H3,(H,11,12). The topological polar surface area (TPSA) is 89.3 Å². The number of nitrogens with two attached hydrogens (primary N) is 1. The summed E-state index contributed by atoms with van der Waals surface area (Å²) in [7, 11) is -3.30. The van der Waals surface area contributed by atoms with E-state index in [1.54, 1.807) is 0 Å². The molecule has 0 aromatic heterocycles. The molecule has 0 aromatic rings. The van der Waals surface area contributed by atoms with E-state index < -0.39 is 21.0 Å². The summed E-state index contributed by atoms with van der Waals surface area (Å²) in [5.41, 5.74) is 5.65. The molecule has 0 radical (unpaired) electrons. The number of sulfone groups is 1. The van der Waals surface area contributed by atoms with Gasteiger partial charge in [-0.3, -0.25) is 4.79 Å². The highest BCUT2D eigenvalue weighted by Crippen LogP contribution is 1.98. The predicted molar refractivity (Wildman–Crippen MR) is 60.2 cm³/mol. The molecule has 15 heavy (non-hydrogen) atoms. The van der Waals surface area contributed by atoms with E-state index in [-0.39, 0.29) is 6.04 Å². The van der Waals surface area contributed by atoms with Crippen LogP contribution < -0.4 is 11.1 Å². The fourth-order valence-corrected chi connectivity index (χ4v) is 1.40. The first kappa shape index (κ1) is 14.4. The molecule has 0 aliphatic heterocycles. The van der Waals surface area contributed by atoms with Gasteiger partial charge in [0.25, 0.3) is 0 Å². The number of nitrogens with one attached hydrogen (secondary N) is 1. The molecule has 0 spiro atoms. The maximum atomic E-state index is 11.3. The summed E-state index contributed by atoms with van der Waals surface area (Å²) in [5, 5.41) is 1.57. The summed E-state index contributed by atoms with van der Waals surface area (Å²) in [5.74, 6) is -0.458. The van der Waals surface area contributed by atoms with Crippen LogP contribution in [0.3, 0.4) is 0 Å². The number of rotatable bonds is 6. The first-order valence-electron chi connectivity index (χ1n) is 5.01. The smallest absolute Gasteiger partial charge is 0.238 e. The number of hydrogen-bond acceptors (Lipinski definition) is 4. The monoisotopic (exact) mass is 236 g/mol. The van der Waals surface area contributed by atoms with Gasteiger partial charge in [-0.1, -0.05) is 6.92 Å². The Morgan fingerprint density at radius 2 is 2.00 bits per heavy atom. The minimum Gasteiger partial charge on any atom is -0.355 e. The van der Waals surface area contributed by atoms with Crippen molar-refractivity contribution in [2.45, 2.75) is 38.0 Å².